The lowest BCUT2D eigenvalue weighted by atomic mass is 10.0. The minimum Gasteiger partial charge on any atom is -0.348 e. The van der Waals surface area contributed by atoms with E-state index in [1.165, 1.54) is 38.1 Å². The minimum absolute atomic E-state index is 0.120. The SMILES string of the molecule is C1CCC1.CC1(C(=O)NCc2cc(-c3ccc(C(F)(F)F)nc3)ncn2)C=CC=CC=N1. The maximum atomic E-state index is 12.6. The summed E-state index contributed by atoms with van der Waals surface area (Å²) in [4.78, 5) is 28.3. The van der Waals surface area contributed by atoms with Crippen molar-refractivity contribution in [2.45, 2.75) is 50.9 Å². The number of nitrogens with one attached hydrogen (secondary N) is 1. The Hall–Kier alpha value is -3.36. The maximum Gasteiger partial charge on any atom is 0.433 e. The molecule has 1 aliphatic carbocycles. The van der Waals surface area contributed by atoms with E-state index in [0.717, 1.165) is 12.3 Å². The monoisotopic (exact) mass is 443 g/mol. The molecule has 0 aromatic carbocycles. The van der Waals surface area contributed by atoms with Crippen LogP contribution in [0, 0.1) is 0 Å². The lowest BCUT2D eigenvalue weighted by Gasteiger charge is -2.19. The summed E-state index contributed by atoms with van der Waals surface area (Å²) in [5.74, 6) is -0.306. The highest BCUT2D eigenvalue weighted by molar-refractivity contribution is 5.91. The fraction of sp³-hybridized carbons (Fsp3) is 0.348. The van der Waals surface area contributed by atoms with Crippen molar-refractivity contribution in [1.29, 1.82) is 0 Å². The highest BCUT2D eigenvalue weighted by Crippen LogP contribution is 2.28. The van der Waals surface area contributed by atoms with Gasteiger partial charge in [0, 0.05) is 18.0 Å². The fourth-order valence-corrected chi connectivity index (χ4v) is 2.70. The van der Waals surface area contributed by atoms with Gasteiger partial charge in [0.05, 0.1) is 17.9 Å². The molecule has 2 aromatic rings. The molecule has 4 rings (SSSR count). The molecule has 0 bridgehead atoms. The molecule has 1 fully saturated rings. The zero-order valence-electron chi connectivity index (χ0n) is 17.6. The van der Waals surface area contributed by atoms with Gasteiger partial charge in [0.2, 0.25) is 0 Å². The van der Waals surface area contributed by atoms with E-state index in [-0.39, 0.29) is 12.5 Å². The smallest absolute Gasteiger partial charge is 0.348 e. The topological polar surface area (TPSA) is 80.1 Å². The highest BCUT2D eigenvalue weighted by atomic mass is 19.4. The van der Waals surface area contributed by atoms with Crippen molar-refractivity contribution in [1.82, 2.24) is 20.3 Å². The van der Waals surface area contributed by atoms with Crippen LogP contribution < -0.4 is 5.32 Å². The van der Waals surface area contributed by atoms with Crippen molar-refractivity contribution in [2.75, 3.05) is 0 Å². The Balaban J connectivity index is 0.000000650. The van der Waals surface area contributed by atoms with Gasteiger partial charge in [0.15, 0.2) is 5.54 Å². The van der Waals surface area contributed by atoms with Crippen molar-refractivity contribution in [3.05, 3.63) is 66.4 Å². The molecule has 2 aromatic heterocycles. The van der Waals surface area contributed by atoms with Crippen molar-refractivity contribution in [2.24, 2.45) is 4.99 Å². The van der Waals surface area contributed by atoms with Gasteiger partial charge in [-0.05, 0) is 37.3 Å². The van der Waals surface area contributed by atoms with E-state index in [0.29, 0.717) is 17.0 Å². The van der Waals surface area contributed by atoms with Crippen LogP contribution in [0.4, 0.5) is 13.2 Å². The number of aliphatic imine (C=N–C) groups is 1. The van der Waals surface area contributed by atoms with Crippen LogP contribution in [0.25, 0.3) is 11.3 Å². The molecular formula is C23H24F3N5O. The van der Waals surface area contributed by atoms with E-state index in [2.05, 4.69) is 25.3 Å². The summed E-state index contributed by atoms with van der Waals surface area (Å²) in [6, 6.07) is 3.77. The van der Waals surface area contributed by atoms with Crippen molar-refractivity contribution in [3.63, 3.8) is 0 Å². The van der Waals surface area contributed by atoms with Crippen molar-refractivity contribution in [3.8, 4) is 11.3 Å². The number of nitrogens with zero attached hydrogens (tertiary/aromatic N) is 4. The molecule has 0 radical (unpaired) electrons. The fourth-order valence-electron chi connectivity index (χ4n) is 2.70. The Morgan fingerprint density at radius 3 is 2.44 bits per heavy atom. The van der Waals surface area contributed by atoms with Crippen LogP contribution >= 0.6 is 0 Å². The Labute approximate surface area is 184 Å². The lowest BCUT2D eigenvalue weighted by molar-refractivity contribution is -0.141. The maximum absolute atomic E-state index is 12.6. The third-order valence-electron chi connectivity index (χ3n) is 5.03. The molecule has 1 unspecified atom stereocenters. The molecule has 3 heterocycles. The molecule has 2 aliphatic rings. The predicted molar refractivity (Wildman–Crippen MR) is 116 cm³/mol. The molecule has 1 aliphatic heterocycles. The minimum atomic E-state index is -4.50. The summed E-state index contributed by atoms with van der Waals surface area (Å²) in [6.07, 6.45) is 12.4. The quantitative estimate of drug-likeness (QED) is 0.744. The number of carbonyl (C=O) groups excluding carboxylic acids is 1. The number of allylic oxidation sites excluding steroid dienone is 3. The number of alkyl halides is 3. The van der Waals surface area contributed by atoms with Gasteiger partial charge in [-0.15, -0.1) is 0 Å². The molecule has 1 amide bonds. The number of amides is 1. The van der Waals surface area contributed by atoms with Gasteiger partial charge in [-0.25, -0.2) is 9.97 Å². The first-order valence-electron chi connectivity index (χ1n) is 10.3. The van der Waals surface area contributed by atoms with Gasteiger partial charge in [-0.1, -0.05) is 37.8 Å². The number of pyridine rings is 1. The van der Waals surface area contributed by atoms with Crippen LogP contribution in [0.2, 0.25) is 0 Å². The third-order valence-corrected chi connectivity index (χ3v) is 5.03. The summed E-state index contributed by atoms with van der Waals surface area (Å²) in [5.41, 5.74) is -0.684. The van der Waals surface area contributed by atoms with E-state index in [1.807, 2.05) is 0 Å². The molecule has 1 saturated carbocycles. The van der Waals surface area contributed by atoms with Crippen molar-refractivity contribution >= 4 is 12.1 Å². The number of rotatable bonds is 4. The molecule has 0 saturated heterocycles. The Kier molecular flexibility index (Phi) is 7.50. The van der Waals surface area contributed by atoms with E-state index in [9.17, 15) is 18.0 Å². The second kappa shape index (κ2) is 10.3. The first-order chi connectivity index (χ1) is 15.3. The third kappa shape index (κ3) is 6.32. The molecule has 1 N–H and O–H groups in total. The molecule has 1 atom stereocenters. The molecular weight excluding hydrogens is 419 g/mol. The first kappa shape index (κ1) is 23.3. The van der Waals surface area contributed by atoms with Gasteiger partial charge in [0.25, 0.3) is 5.91 Å². The van der Waals surface area contributed by atoms with Crippen LogP contribution in [0.15, 0.2) is 60.0 Å². The second-order valence-corrected chi connectivity index (χ2v) is 7.59. The van der Waals surface area contributed by atoms with Crippen LogP contribution in [0.5, 0.6) is 0 Å². The van der Waals surface area contributed by atoms with Gasteiger partial charge in [-0.3, -0.25) is 14.8 Å². The number of hydrogen-bond acceptors (Lipinski definition) is 5. The summed E-state index contributed by atoms with van der Waals surface area (Å²) in [7, 11) is 0. The van der Waals surface area contributed by atoms with Crippen LogP contribution in [-0.4, -0.2) is 32.6 Å². The number of hydrogen-bond donors (Lipinski definition) is 1. The zero-order chi connectivity index (χ0) is 23.0. The van der Waals surface area contributed by atoms with Crippen LogP contribution in [-0.2, 0) is 17.5 Å². The average molecular weight is 443 g/mol. The summed E-state index contributed by atoms with van der Waals surface area (Å²) < 4.78 is 37.9. The highest BCUT2D eigenvalue weighted by Gasteiger charge is 2.32. The van der Waals surface area contributed by atoms with E-state index in [4.69, 9.17) is 0 Å². The van der Waals surface area contributed by atoms with Crippen molar-refractivity contribution < 1.29 is 18.0 Å². The molecule has 168 valence electrons. The van der Waals surface area contributed by atoms with Crippen LogP contribution in [0.1, 0.15) is 44.0 Å². The number of carbonyl (C=O) groups is 1. The summed E-state index contributed by atoms with van der Waals surface area (Å²) in [6.45, 7) is 1.80. The molecule has 0 spiro atoms. The molecule has 32 heavy (non-hydrogen) atoms. The normalized spacial score (nSPS) is 19.4. The first-order valence-corrected chi connectivity index (χ1v) is 10.3. The second-order valence-electron chi connectivity index (χ2n) is 7.59. The van der Waals surface area contributed by atoms with Gasteiger partial charge in [-0.2, -0.15) is 13.2 Å². The van der Waals surface area contributed by atoms with E-state index >= 15 is 0 Å². The predicted octanol–water partition coefficient (Wildman–Crippen LogP) is 4.69. The van der Waals surface area contributed by atoms with Gasteiger partial charge >= 0.3 is 6.18 Å². The standard InChI is InChI=1S/C19H16F3N5O.C4H8/c1-18(7-3-2-4-8-27-18)17(28)24-11-14-9-15(26-12-25-14)13-5-6-16(23-10-13)19(20,21)22;1-2-4-3-1/h2-10,12H,11H2,1H3,(H,24,28);1-4H2. The molecule has 9 heteroatoms. The average Bonchev–Trinajstić information content (AvgIpc) is 2.96. The molecule has 6 nitrogen and oxygen atoms in total. The van der Waals surface area contributed by atoms with E-state index < -0.39 is 17.4 Å². The number of halogens is 3. The Morgan fingerprint density at radius 1 is 1.06 bits per heavy atom. The largest absolute Gasteiger partial charge is 0.433 e. The van der Waals surface area contributed by atoms with Crippen LogP contribution in [0.3, 0.4) is 0 Å². The summed E-state index contributed by atoms with van der Waals surface area (Å²) >= 11 is 0. The van der Waals surface area contributed by atoms with Gasteiger partial charge < -0.3 is 5.32 Å². The number of aromatic nitrogens is 3. The zero-order valence-corrected chi connectivity index (χ0v) is 17.6. The lowest BCUT2D eigenvalue weighted by Crippen LogP contribution is -2.41. The van der Waals surface area contributed by atoms with Gasteiger partial charge in [0.1, 0.15) is 12.0 Å². The Bertz CT molecular complexity index is 989. The van der Waals surface area contributed by atoms with E-state index in [1.54, 1.807) is 43.5 Å². The Morgan fingerprint density at radius 2 is 1.81 bits per heavy atom. The summed E-state index contributed by atoms with van der Waals surface area (Å²) in [5, 5.41) is 2.76.